The minimum atomic E-state index is -1.34. The number of thioether (sulfide) groups is 1. The van der Waals surface area contributed by atoms with Gasteiger partial charge in [-0.2, -0.15) is 0 Å². The number of nitrogens with one attached hydrogen (secondary N) is 1. The van der Waals surface area contributed by atoms with E-state index in [0.717, 1.165) is 0 Å². The van der Waals surface area contributed by atoms with E-state index < -0.39 is 16.9 Å². The zero-order chi connectivity index (χ0) is 14.4. The molecule has 1 atom stereocenters. The van der Waals surface area contributed by atoms with Crippen LogP contribution in [0.4, 0.5) is 0 Å². The van der Waals surface area contributed by atoms with Gasteiger partial charge in [-0.15, -0.1) is 0 Å². The standard InChI is InChI=1S/C9H9S.C4H10N.C2H6Si.2ClH.Ti/c1-6-5-9-8(7(6)2)3-4-10-9;1-4(2,3)5;1-3-2;;;/h4-5,9H,1-2H3;5H,1-3H3;1-2H3;2*1H;/q;-1;;;;+3/p-2. The van der Waals surface area contributed by atoms with E-state index in [1.807, 2.05) is 11.8 Å². The van der Waals surface area contributed by atoms with Crippen molar-refractivity contribution >= 4 is 17.9 Å². The third-order valence-electron chi connectivity index (χ3n) is 3.57. The largest absolute Gasteiger partial charge is 1.00 e. The third kappa shape index (κ3) is 5.01. The second-order valence-electron chi connectivity index (χ2n) is 6.73. The van der Waals surface area contributed by atoms with Gasteiger partial charge in [0.05, 0.1) is 0 Å². The first-order valence-corrected chi connectivity index (χ1v) is 14.3. The minimum Gasteiger partial charge on any atom is -1.00 e. The maximum atomic E-state index is 4.02. The monoisotopic (exact) mass is 397 g/mol. The number of hydrogen-bond acceptors (Lipinski definition) is 2. The summed E-state index contributed by atoms with van der Waals surface area (Å²) in [5.74, 6) is 0. The van der Waals surface area contributed by atoms with Gasteiger partial charge >= 0.3 is 129 Å². The molecule has 1 nitrogen and oxygen atoms in total. The van der Waals surface area contributed by atoms with Gasteiger partial charge < -0.3 is 24.8 Å². The summed E-state index contributed by atoms with van der Waals surface area (Å²) >= 11 is 0.684. The molecule has 0 saturated carbocycles. The van der Waals surface area contributed by atoms with Gasteiger partial charge in [0, 0.05) is 0 Å². The van der Waals surface area contributed by atoms with Crippen molar-refractivity contribution in [1.82, 2.24) is 3.80 Å². The topological polar surface area (TPSA) is 12.0 Å². The molecule has 1 unspecified atom stereocenters. The molecular formula is C15H25Cl2NSSiTi. The Kier molecular flexibility index (Phi) is 8.64. The fourth-order valence-electron chi connectivity index (χ4n) is 2.56. The Hall–Kier alpha value is 1.04. The summed E-state index contributed by atoms with van der Waals surface area (Å²) in [5.41, 5.74) is 4.95. The van der Waals surface area contributed by atoms with Crippen LogP contribution in [-0.2, 0) is 16.9 Å². The van der Waals surface area contributed by atoms with E-state index >= 15 is 0 Å². The number of fused-ring (bicyclic) bond motifs is 1. The van der Waals surface area contributed by atoms with Crippen LogP contribution >= 0.6 is 11.8 Å². The first-order valence-electron chi connectivity index (χ1n) is 6.92. The van der Waals surface area contributed by atoms with Crippen LogP contribution in [0.3, 0.4) is 0 Å². The summed E-state index contributed by atoms with van der Waals surface area (Å²) < 4.78 is 5.75. The minimum absolute atomic E-state index is 0. The molecule has 0 radical (unpaired) electrons. The Morgan fingerprint density at radius 3 is 2.24 bits per heavy atom. The Bertz CT molecular complexity index is 540. The molecule has 0 saturated heterocycles. The summed E-state index contributed by atoms with van der Waals surface area (Å²) in [5, 5.41) is 3.11. The fraction of sp³-hybridized carbons (Fsp3) is 0.600. The molecule has 0 aromatic rings. The number of halogens is 2. The molecule has 0 bridgehead atoms. The third-order valence-corrected chi connectivity index (χ3v) is 15.3. The smallest absolute Gasteiger partial charge is 1.00 e. The van der Waals surface area contributed by atoms with Gasteiger partial charge in [-0.1, -0.05) is 0 Å². The van der Waals surface area contributed by atoms with Crippen LogP contribution < -0.4 is 28.6 Å². The molecule has 0 spiro atoms. The summed E-state index contributed by atoms with van der Waals surface area (Å²) in [4.78, 5) is 0. The van der Waals surface area contributed by atoms with Crippen molar-refractivity contribution in [3.05, 3.63) is 32.1 Å². The summed E-state index contributed by atoms with van der Waals surface area (Å²) in [7, 11) is 0. The predicted octanol–water partition coefficient (Wildman–Crippen LogP) is -1.60. The van der Waals surface area contributed by atoms with Crippen molar-refractivity contribution in [2.75, 3.05) is 0 Å². The molecule has 0 aromatic heterocycles. The van der Waals surface area contributed by atoms with Crippen LogP contribution in [0.25, 0.3) is 0 Å². The van der Waals surface area contributed by atoms with Gasteiger partial charge in [0.1, 0.15) is 0 Å². The molecule has 2 rings (SSSR count). The second-order valence-corrected chi connectivity index (χ2v) is 18.9. The number of hydrogen-bond donors (Lipinski definition) is 1. The molecule has 0 aromatic carbocycles. The van der Waals surface area contributed by atoms with Crippen LogP contribution in [-0.4, -0.2) is 17.0 Å². The number of allylic oxidation sites excluding steroid dienone is 3. The average molecular weight is 398 g/mol. The van der Waals surface area contributed by atoms with E-state index in [-0.39, 0.29) is 36.5 Å². The normalized spacial score (nSPS) is 19.8. The Labute approximate surface area is 153 Å². The van der Waals surface area contributed by atoms with Crippen molar-refractivity contribution in [1.29, 1.82) is 0 Å². The van der Waals surface area contributed by atoms with E-state index in [0.29, 0.717) is 5.25 Å². The van der Waals surface area contributed by atoms with Crippen molar-refractivity contribution in [3.63, 3.8) is 0 Å². The molecule has 118 valence electrons. The predicted molar refractivity (Wildman–Crippen MR) is 86.3 cm³/mol. The van der Waals surface area contributed by atoms with Gasteiger partial charge in [0.15, 0.2) is 0 Å². The van der Waals surface area contributed by atoms with E-state index in [4.69, 9.17) is 0 Å². The molecule has 6 heteroatoms. The second kappa shape index (κ2) is 8.23. The Balaban J connectivity index is 0.00000200. The zero-order valence-electron chi connectivity index (χ0n) is 13.9. The summed E-state index contributed by atoms with van der Waals surface area (Å²) in [6.07, 6.45) is 2.20. The van der Waals surface area contributed by atoms with Crippen molar-refractivity contribution < 1.29 is 41.7 Å². The average Bonchev–Trinajstić information content (AvgIpc) is 2.77. The summed E-state index contributed by atoms with van der Waals surface area (Å²) in [6.45, 7) is 16.5. The number of rotatable bonds is 2. The molecule has 21 heavy (non-hydrogen) atoms. The Morgan fingerprint density at radius 2 is 1.76 bits per heavy atom. The molecule has 1 aliphatic heterocycles. The van der Waals surface area contributed by atoms with E-state index in [1.165, 1.54) is 5.57 Å². The van der Waals surface area contributed by atoms with E-state index in [1.54, 1.807) is 15.0 Å². The summed E-state index contributed by atoms with van der Waals surface area (Å²) in [6, 6.07) is 0. The molecule has 0 fully saturated rings. The van der Waals surface area contributed by atoms with Crippen molar-refractivity contribution in [2.45, 2.75) is 58.5 Å². The van der Waals surface area contributed by atoms with Gasteiger partial charge in [0.2, 0.25) is 0 Å². The van der Waals surface area contributed by atoms with Crippen molar-refractivity contribution in [2.24, 2.45) is 0 Å². The van der Waals surface area contributed by atoms with Crippen LogP contribution in [0.5, 0.6) is 0 Å². The van der Waals surface area contributed by atoms with Gasteiger partial charge in [0.25, 0.3) is 0 Å². The Morgan fingerprint density at radius 1 is 1.19 bits per heavy atom. The van der Waals surface area contributed by atoms with Crippen LogP contribution in [0, 0.1) is 0 Å². The van der Waals surface area contributed by atoms with Crippen LogP contribution in [0.2, 0.25) is 13.1 Å². The first kappa shape index (κ1) is 22.0. The van der Waals surface area contributed by atoms with Crippen LogP contribution in [0.15, 0.2) is 32.1 Å². The van der Waals surface area contributed by atoms with Gasteiger partial charge in [-0.25, -0.2) is 0 Å². The van der Waals surface area contributed by atoms with Crippen LogP contribution in [0.1, 0.15) is 34.6 Å². The quantitative estimate of drug-likeness (QED) is 0.563. The maximum Gasteiger partial charge on any atom is -1.00 e. The zero-order valence-corrected chi connectivity index (χ0v) is 18.8. The van der Waals surface area contributed by atoms with E-state index in [9.17, 15) is 0 Å². The SMILES string of the molecule is CC1=CC2SC=[C]([Ti+2]([NH]C(C)(C)C)=[Si](C)C)C2=C1C.[Cl-].[Cl-]. The van der Waals surface area contributed by atoms with Gasteiger partial charge in [-0.3, -0.25) is 0 Å². The molecule has 1 N–H and O–H groups in total. The maximum absolute atomic E-state index is 4.02. The molecule has 1 aliphatic carbocycles. The van der Waals surface area contributed by atoms with E-state index in [2.05, 4.69) is 63.0 Å². The van der Waals surface area contributed by atoms with Crippen molar-refractivity contribution in [3.8, 4) is 0 Å². The fourth-order valence-corrected chi connectivity index (χ4v) is 14.5. The molecule has 2 aliphatic rings. The molecular weight excluding hydrogens is 373 g/mol. The molecule has 1 heterocycles. The first-order chi connectivity index (χ1) is 8.70. The molecule has 0 amide bonds. The van der Waals surface area contributed by atoms with Gasteiger partial charge in [-0.05, 0) is 0 Å².